The normalized spacial score (nSPS) is 25.8. The summed E-state index contributed by atoms with van der Waals surface area (Å²) in [6.07, 6.45) is 2.05. The van der Waals surface area contributed by atoms with Gasteiger partial charge in [0.05, 0.1) is 0 Å². The molecule has 1 aliphatic heterocycles. The van der Waals surface area contributed by atoms with Crippen molar-refractivity contribution >= 4 is 11.8 Å². The van der Waals surface area contributed by atoms with Gasteiger partial charge in [-0.3, -0.25) is 9.59 Å². The first-order valence-electron chi connectivity index (χ1n) is 3.99. The van der Waals surface area contributed by atoms with Crippen LogP contribution in [0.25, 0.3) is 0 Å². The molecule has 0 N–H and O–H groups in total. The zero-order chi connectivity index (χ0) is 10.1. The molecular formula is C9H12O4. The minimum absolute atomic E-state index is 0.129. The second-order valence-electron chi connectivity index (χ2n) is 3.33. The van der Waals surface area contributed by atoms with Gasteiger partial charge in [0, 0.05) is 6.92 Å². The van der Waals surface area contributed by atoms with Crippen molar-refractivity contribution in [2.45, 2.75) is 32.7 Å². The predicted molar refractivity (Wildman–Crippen MR) is 44.9 cm³/mol. The molecule has 72 valence electrons. The van der Waals surface area contributed by atoms with Crippen molar-refractivity contribution < 1.29 is 19.1 Å². The van der Waals surface area contributed by atoms with Crippen molar-refractivity contribution in [3.8, 4) is 0 Å². The van der Waals surface area contributed by atoms with Crippen LogP contribution in [-0.2, 0) is 19.1 Å². The van der Waals surface area contributed by atoms with Crippen molar-refractivity contribution in [1.82, 2.24) is 0 Å². The zero-order valence-corrected chi connectivity index (χ0v) is 7.87. The van der Waals surface area contributed by atoms with Crippen molar-refractivity contribution in [3.63, 3.8) is 0 Å². The number of hydrogen-bond acceptors (Lipinski definition) is 4. The fraction of sp³-hybridized carbons (Fsp3) is 0.556. The molecule has 1 atom stereocenters. The maximum Gasteiger partial charge on any atom is 0.305 e. The maximum absolute atomic E-state index is 11.2. The number of carbonyl (C=O) groups excluding carboxylic acids is 2. The van der Waals surface area contributed by atoms with Crippen molar-refractivity contribution in [3.05, 3.63) is 12.2 Å². The first-order chi connectivity index (χ1) is 5.92. The molecule has 0 aliphatic carbocycles. The monoisotopic (exact) mass is 184 g/mol. The van der Waals surface area contributed by atoms with Gasteiger partial charge in [0.2, 0.25) is 6.29 Å². The standard InChI is InChI=1S/C9H12O4/c1-6(10)12-8-5-4-7(11)9(2,3)13-8/h4-5,8H,1-3H3/t8-/m1/s1. The van der Waals surface area contributed by atoms with E-state index in [1.807, 2.05) is 0 Å². The van der Waals surface area contributed by atoms with E-state index in [1.165, 1.54) is 19.1 Å². The van der Waals surface area contributed by atoms with Gasteiger partial charge in [0.25, 0.3) is 0 Å². The Morgan fingerprint density at radius 3 is 2.69 bits per heavy atom. The maximum atomic E-state index is 11.2. The lowest BCUT2D eigenvalue weighted by Gasteiger charge is -2.29. The van der Waals surface area contributed by atoms with E-state index in [4.69, 9.17) is 9.47 Å². The molecule has 0 aromatic heterocycles. The molecule has 4 nitrogen and oxygen atoms in total. The third kappa shape index (κ3) is 2.39. The summed E-state index contributed by atoms with van der Waals surface area (Å²) >= 11 is 0. The molecule has 0 aromatic carbocycles. The summed E-state index contributed by atoms with van der Waals surface area (Å²) in [5.41, 5.74) is -0.908. The van der Waals surface area contributed by atoms with E-state index in [-0.39, 0.29) is 5.78 Å². The third-order valence-electron chi connectivity index (χ3n) is 1.69. The molecular weight excluding hydrogens is 172 g/mol. The summed E-state index contributed by atoms with van der Waals surface area (Å²) in [6.45, 7) is 4.56. The van der Waals surface area contributed by atoms with Gasteiger partial charge in [-0.2, -0.15) is 0 Å². The topological polar surface area (TPSA) is 52.6 Å². The van der Waals surface area contributed by atoms with Gasteiger partial charge in [-0.15, -0.1) is 0 Å². The zero-order valence-electron chi connectivity index (χ0n) is 7.87. The number of hydrogen-bond donors (Lipinski definition) is 0. The van der Waals surface area contributed by atoms with E-state index in [0.29, 0.717) is 0 Å². The van der Waals surface area contributed by atoms with Gasteiger partial charge in [0.1, 0.15) is 5.60 Å². The van der Waals surface area contributed by atoms with Gasteiger partial charge < -0.3 is 9.47 Å². The lowest BCUT2D eigenvalue weighted by molar-refractivity contribution is -0.193. The van der Waals surface area contributed by atoms with E-state index in [0.717, 1.165) is 0 Å². The number of esters is 1. The first kappa shape index (κ1) is 9.92. The van der Waals surface area contributed by atoms with Gasteiger partial charge in [0.15, 0.2) is 5.78 Å². The fourth-order valence-corrected chi connectivity index (χ4v) is 0.981. The Morgan fingerprint density at radius 1 is 1.62 bits per heavy atom. The van der Waals surface area contributed by atoms with Crippen LogP contribution in [-0.4, -0.2) is 23.6 Å². The molecule has 0 saturated heterocycles. The summed E-state index contributed by atoms with van der Waals surface area (Å²) < 4.78 is 9.99. The lowest BCUT2D eigenvalue weighted by Crippen LogP contribution is -2.41. The van der Waals surface area contributed by atoms with Crippen LogP contribution < -0.4 is 0 Å². The Bertz CT molecular complexity index is 265. The molecule has 1 aliphatic rings. The largest absolute Gasteiger partial charge is 0.432 e. The van der Waals surface area contributed by atoms with E-state index in [9.17, 15) is 9.59 Å². The van der Waals surface area contributed by atoms with Crippen molar-refractivity contribution in [2.75, 3.05) is 0 Å². The Kier molecular flexibility index (Phi) is 2.52. The summed E-state index contributed by atoms with van der Waals surface area (Å²) in [5.74, 6) is -0.560. The molecule has 1 heterocycles. The Hall–Kier alpha value is -1.16. The van der Waals surface area contributed by atoms with Crippen molar-refractivity contribution in [2.24, 2.45) is 0 Å². The summed E-state index contributed by atoms with van der Waals surface area (Å²) in [7, 11) is 0. The van der Waals surface area contributed by atoms with Gasteiger partial charge in [-0.1, -0.05) is 0 Å². The SMILES string of the molecule is CC(=O)O[C@H]1C=CC(=O)C(C)(C)O1. The average molecular weight is 184 g/mol. The van der Waals surface area contributed by atoms with E-state index in [2.05, 4.69) is 0 Å². The van der Waals surface area contributed by atoms with Crippen LogP contribution >= 0.6 is 0 Å². The Balaban J connectivity index is 2.69. The second kappa shape index (κ2) is 3.30. The average Bonchev–Trinajstić information content (AvgIpc) is 1.95. The highest BCUT2D eigenvalue weighted by molar-refractivity contribution is 5.97. The molecule has 13 heavy (non-hydrogen) atoms. The quantitative estimate of drug-likeness (QED) is 0.566. The summed E-state index contributed by atoms with van der Waals surface area (Å²) in [6, 6.07) is 0. The predicted octanol–water partition coefficient (Wildman–Crippen LogP) is 0.810. The van der Waals surface area contributed by atoms with Gasteiger partial charge in [-0.05, 0) is 26.0 Å². The Labute approximate surface area is 76.5 Å². The van der Waals surface area contributed by atoms with Crippen LogP contribution in [0.2, 0.25) is 0 Å². The number of ether oxygens (including phenoxy) is 2. The van der Waals surface area contributed by atoms with Crippen molar-refractivity contribution in [1.29, 1.82) is 0 Å². The van der Waals surface area contributed by atoms with Crippen LogP contribution in [0.5, 0.6) is 0 Å². The molecule has 0 spiro atoms. The minimum Gasteiger partial charge on any atom is -0.432 e. The summed E-state index contributed by atoms with van der Waals surface area (Å²) in [5, 5.41) is 0. The summed E-state index contributed by atoms with van der Waals surface area (Å²) in [4.78, 5) is 21.8. The number of carbonyl (C=O) groups is 2. The third-order valence-corrected chi connectivity index (χ3v) is 1.69. The van der Waals surface area contributed by atoms with E-state index < -0.39 is 17.9 Å². The number of rotatable bonds is 1. The molecule has 4 heteroatoms. The minimum atomic E-state index is -0.908. The molecule has 0 bridgehead atoms. The van der Waals surface area contributed by atoms with Crippen LogP contribution in [0.15, 0.2) is 12.2 Å². The van der Waals surface area contributed by atoms with Crippen LogP contribution in [0.1, 0.15) is 20.8 Å². The molecule has 0 saturated carbocycles. The smallest absolute Gasteiger partial charge is 0.305 e. The molecule has 0 radical (unpaired) electrons. The van der Waals surface area contributed by atoms with Crippen LogP contribution in [0.4, 0.5) is 0 Å². The molecule has 0 unspecified atom stereocenters. The van der Waals surface area contributed by atoms with E-state index in [1.54, 1.807) is 13.8 Å². The highest BCUT2D eigenvalue weighted by Gasteiger charge is 2.33. The van der Waals surface area contributed by atoms with E-state index >= 15 is 0 Å². The highest BCUT2D eigenvalue weighted by atomic mass is 16.7. The molecule has 0 fully saturated rings. The fourth-order valence-electron chi connectivity index (χ4n) is 0.981. The van der Waals surface area contributed by atoms with Crippen LogP contribution in [0, 0.1) is 0 Å². The van der Waals surface area contributed by atoms with Crippen LogP contribution in [0.3, 0.4) is 0 Å². The molecule has 1 rings (SSSR count). The highest BCUT2D eigenvalue weighted by Crippen LogP contribution is 2.20. The first-order valence-corrected chi connectivity index (χ1v) is 3.99. The van der Waals surface area contributed by atoms with Gasteiger partial charge in [-0.25, -0.2) is 0 Å². The lowest BCUT2D eigenvalue weighted by atomic mass is 10.0. The number of ketones is 1. The molecule has 0 amide bonds. The second-order valence-corrected chi connectivity index (χ2v) is 3.33. The van der Waals surface area contributed by atoms with Gasteiger partial charge >= 0.3 is 5.97 Å². The molecule has 0 aromatic rings. The Morgan fingerprint density at radius 2 is 2.23 bits per heavy atom.